The van der Waals surface area contributed by atoms with Crippen molar-refractivity contribution >= 4 is 68.4 Å². The summed E-state index contributed by atoms with van der Waals surface area (Å²) < 4.78 is 145. The summed E-state index contributed by atoms with van der Waals surface area (Å²) in [6, 6.07) is 16.4. The van der Waals surface area contributed by atoms with Gasteiger partial charge in [0.15, 0.2) is 0 Å². The van der Waals surface area contributed by atoms with Gasteiger partial charge in [0.1, 0.15) is 26.0 Å². The molecule has 1 unspecified atom stereocenters. The van der Waals surface area contributed by atoms with Gasteiger partial charge in [-0.2, -0.15) is 25.3 Å². The summed E-state index contributed by atoms with van der Waals surface area (Å²) in [6.45, 7) is 13.6. The summed E-state index contributed by atoms with van der Waals surface area (Å²) in [4.78, 5) is 3.04. The van der Waals surface area contributed by atoms with E-state index in [0.29, 0.717) is 33.5 Å². The lowest BCUT2D eigenvalue weighted by atomic mass is 9.93. The highest BCUT2D eigenvalue weighted by Gasteiger charge is 2.29. The molecule has 0 saturated carbocycles. The molecule has 64 heavy (non-hydrogen) atoms. The SMILES string of the molecule is CCCCC(CC)CNS(=O)(=O)c1ccccc1-c1c2cc(S(=O)(=O)O)c(=Nc3c(C)cc(C)c(S(=O)(=O)O)c3C)cc-2oc2cc(Nc3c(C)cc(C)c(S(=O)(=O)O)c3C)ccc12. The van der Waals surface area contributed by atoms with Crippen molar-refractivity contribution in [3.63, 3.8) is 0 Å². The molecule has 15 nitrogen and oxygen atoms in total. The molecule has 0 aromatic heterocycles. The van der Waals surface area contributed by atoms with Crippen molar-refractivity contribution in [1.29, 1.82) is 0 Å². The normalized spacial score (nSPS) is 13.5. The molecule has 0 saturated heterocycles. The van der Waals surface area contributed by atoms with Gasteiger partial charge in [0.05, 0.1) is 15.9 Å². The molecule has 5 N–H and O–H groups in total. The van der Waals surface area contributed by atoms with Crippen LogP contribution in [0, 0.1) is 47.5 Å². The number of hydrogen-bond acceptors (Lipinski definition) is 11. The highest BCUT2D eigenvalue weighted by atomic mass is 32.2. The number of anilines is 2. The Balaban J connectivity index is 1.70. The van der Waals surface area contributed by atoms with Crippen LogP contribution in [0.1, 0.15) is 72.9 Å². The third-order valence-corrected chi connectivity index (χ3v) is 16.1. The van der Waals surface area contributed by atoms with E-state index in [1.807, 2.05) is 6.92 Å². The van der Waals surface area contributed by atoms with Crippen molar-refractivity contribution in [3.8, 4) is 22.5 Å². The standard InChI is InChI=1S/C45H51N3O12S4/c1-9-11-14-31(10-2)24-46-61(49,50)39-16-13-12-15-34(39)41-33-18-17-32(47-42-25(3)19-27(5)44(29(42)7)63(54,55)56)21-37(33)60-38-23-36(40(22-35(38)41)62(51,52)53)48-43-26(4)20-28(6)45(30(43)8)64(57,58)59/h12-13,15-23,31,46-47H,9-11,14,24H2,1-8H3,(H,51,52,53)(H,54,55,56)(H,57,58,59). The minimum Gasteiger partial charge on any atom is -0.456 e. The number of benzene rings is 5. The third-order valence-electron chi connectivity index (χ3n) is 11.4. The van der Waals surface area contributed by atoms with Crippen LogP contribution in [-0.4, -0.2) is 53.9 Å². The van der Waals surface area contributed by atoms with E-state index >= 15 is 0 Å². The van der Waals surface area contributed by atoms with Gasteiger partial charge in [0.2, 0.25) is 10.0 Å². The Morgan fingerprint density at radius 2 is 1.30 bits per heavy atom. The van der Waals surface area contributed by atoms with Crippen molar-refractivity contribution in [2.45, 2.75) is 101 Å². The molecule has 1 aliphatic carbocycles. The average Bonchev–Trinajstić information content (AvgIpc) is 3.18. The van der Waals surface area contributed by atoms with Crippen LogP contribution in [0.5, 0.6) is 0 Å². The van der Waals surface area contributed by atoms with Gasteiger partial charge in [-0.15, -0.1) is 0 Å². The van der Waals surface area contributed by atoms with E-state index in [2.05, 4.69) is 22.0 Å². The van der Waals surface area contributed by atoms with E-state index in [-0.39, 0.29) is 78.0 Å². The van der Waals surface area contributed by atoms with Crippen molar-refractivity contribution in [1.82, 2.24) is 4.72 Å². The highest BCUT2D eigenvalue weighted by Crippen LogP contribution is 2.44. The fourth-order valence-electron chi connectivity index (χ4n) is 8.47. The second-order valence-electron chi connectivity index (χ2n) is 16.1. The number of nitrogens with zero attached hydrogens (tertiary/aromatic N) is 1. The number of sulfonamides is 1. The molecule has 1 atom stereocenters. The first-order valence-electron chi connectivity index (χ1n) is 20.4. The number of hydrogen-bond donors (Lipinski definition) is 5. The first-order chi connectivity index (χ1) is 29.8. The van der Waals surface area contributed by atoms with Crippen molar-refractivity contribution < 1.29 is 51.7 Å². The molecule has 4 aromatic rings. The summed E-state index contributed by atoms with van der Waals surface area (Å²) in [7, 11) is -18.7. The summed E-state index contributed by atoms with van der Waals surface area (Å²) in [6.07, 6.45) is 3.46. The van der Waals surface area contributed by atoms with Crippen molar-refractivity contribution in [2.24, 2.45) is 10.9 Å². The van der Waals surface area contributed by atoms with Gasteiger partial charge in [-0.1, -0.05) is 63.4 Å². The number of aryl methyl sites for hydroxylation is 4. The van der Waals surface area contributed by atoms with Crippen LogP contribution in [0.2, 0.25) is 0 Å². The van der Waals surface area contributed by atoms with Crippen LogP contribution in [0.25, 0.3) is 33.4 Å². The summed E-state index contributed by atoms with van der Waals surface area (Å²) in [5, 5.41) is 3.19. The molecule has 0 amide bonds. The second kappa shape index (κ2) is 18.1. The molecular formula is C45H51N3O12S4. The predicted octanol–water partition coefficient (Wildman–Crippen LogP) is 9.27. The Hall–Kier alpha value is -4.99. The van der Waals surface area contributed by atoms with Crippen molar-refractivity contribution in [3.05, 3.63) is 105 Å². The molecule has 6 rings (SSSR count). The number of nitrogens with one attached hydrogen (secondary N) is 2. The highest BCUT2D eigenvalue weighted by molar-refractivity contribution is 7.89. The number of fused-ring (bicyclic) bond motifs is 2. The lowest BCUT2D eigenvalue weighted by molar-refractivity contribution is 0.444. The van der Waals surface area contributed by atoms with Crippen LogP contribution >= 0.6 is 0 Å². The Kier molecular flexibility index (Phi) is 13.7. The monoisotopic (exact) mass is 953 g/mol. The Labute approximate surface area is 374 Å². The van der Waals surface area contributed by atoms with Crippen molar-refractivity contribution in [2.75, 3.05) is 11.9 Å². The first kappa shape index (κ1) is 48.5. The van der Waals surface area contributed by atoms with E-state index in [4.69, 9.17) is 4.42 Å². The zero-order chi connectivity index (χ0) is 47.3. The molecular weight excluding hydrogens is 903 g/mol. The van der Waals surface area contributed by atoms with Gasteiger partial charge in [0.25, 0.3) is 30.4 Å². The summed E-state index contributed by atoms with van der Waals surface area (Å²) in [5.41, 5.74) is 3.28. The van der Waals surface area contributed by atoms with E-state index in [1.165, 1.54) is 32.0 Å². The molecule has 0 spiro atoms. The zero-order valence-corrected chi connectivity index (χ0v) is 39.8. The fourth-order valence-corrected chi connectivity index (χ4v) is 12.3. The van der Waals surface area contributed by atoms with E-state index in [9.17, 15) is 47.3 Å². The first-order valence-corrected chi connectivity index (χ1v) is 26.2. The van der Waals surface area contributed by atoms with Crippen LogP contribution in [0.4, 0.5) is 17.1 Å². The Morgan fingerprint density at radius 1 is 0.672 bits per heavy atom. The van der Waals surface area contributed by atoms with Crippen LogP contribution in [-0.2, 0) is 40.4 Å². The molecule has 0 radical (unpaired) electrons. The average molecular weight is 954 g/mol. The van der Waals surface area contributed by atoms with Crippen LogP contribution in [0.15, 0.2) is 95.7 Å². The van der Waals surface area contributed by atoms with Gasteiger partial charge in [0, 0.05) is 52.1 Å². The van der Waals surface area contributed by atoms with E-state index in [1.54, 1.807) is 70.2 Å². The van der Waals surface area contributed by atoms with Gasteiger partial charge in [-0.25, -0.2) is 18.1 Å². The molecule has 1 aliphatic heterocycles. The maximum Gasteiger partial charge on any atom is 0.296 e. The van der Waals surface area contributed by atoms with Gasteiger partial charge in [-0.05, 0) is 112 Å². The van der Waals surface area contributed by atoms with Crippen LogP contribution < -0.4 is 15.4 Å². The minimum atomic E-state index is -5.11. The molecule has 1 heterocycles. The van der Waals surface area contributed by atoms with Crippen LogP contribution in [0.3, 0.4) is 0 Å². The smallest absolute Gasteiger partial charge is 0.296 e. The van der Waals surface area contributed by atoms with E-state index in [0.717, 1.165) is 31.7 Å². The molecule has 0 fully saturated rings. The maximum atomic E-state index is 14.3. The molecule has 4 aromatic carbocycles. The van der Waals surface area contributed by atoms with Gasteiger partial charge in [-0.3, -0.25) is 13.7 Å². The van der Waals surface area contributed by atoms with E-state index < -0.39 is 50.2 Å². The quantitative estimate of drug-likeness (QED) is 0.0476. The topological polar surface area (TPSA) is 247 Å². The number of rotatable bonds is 15. The fraction of sp³-hybridized carbons (Fsp3) is 0.311. The lowest BCUT2D eigenvalue weighted by Gasteiger charge is -2.21. The second-order valence-corrected chi connectivity index (χ2v) is 21.9. The summed E-state index contributed by atoms with van der Waals surface area (Å²) in [5.74, 6) is 0.0542. The zero-order valence-electron chi connectivity index (χ0n) is 36.6. The predicted molar refractivity (Wildman–Crippen MR) is 246 cm³/mol. The lowest BCUT2D eigenvalue weighted by Crippen LogP contribution is -2.29. The molecule has 0 bridgehead atoms. The Morgan fingerprint density at radius 3 is 1.91 bits per heavy atom. The van der Waals surface area contributed by atoms with Gasteiger partial charge < -0.3 is 9.73 Å². The number of unbranched alkanes of at least 4 members (excludes halogenated alkanes) is 1. The summed E-state index contributed by atoms with van der Waals surface area (Å²) >= 11 is 0. The van der Waals surface area contributed by atoms with Gasteiger partial charge >= 0.3 is 0 Å². The largest absolute Gasteiger partial charge is 0.456 e. The molecule has 19 heteroatoms. The maximum absolute atomic E-state index is 14.3. The molecule has 2 aliphatic rings. The Bertz CT molecular complexity index is 3340. The third kappa shape index (κ3) is 9.81. The minimum absolute atomic E-state index is 0.00472. The molecule has 342 valence electrons.